The van der Waals surface area contributed by atoms with E-state index in [1.807, 2.05) is 12.3 Å². The topological polar surface area (TPSA) is 49.0 Å². The molecule has 0 spiro atoms. The highest BCUT2D eigenvalue weighted by Gasteiger charge is 1.97. The van der Waals surface area contributed by atoms with Gasteiger partial charge in [-0.1, -0.05) is 6.07 Å². The summed E-state index contributed by atoms with van der Waals surface area (Å²) in [6.45, 7) is 4.53. The zero-order valence-electron chi connectivity index (χ0n) is 9.71. The molecule has 1 aromatic heterocycles. The summed E-state index contributed by atoms with van der Waals surface area (Å²) in [6, 6.07) is 4.02. The molecule has 0 radical (unpaired) electrons. The van der Waals surface area contributed by atoms with E-state index >= 15 is 0 Å². The van der Waals surface area contributed by atoms with Crippen LogP contribution < -0.4 is 16.0 Å². The molecule has 0 saturated heterocycles. The number of hydrogen-bond donors (Lipinski definition) is 3. The fourth-order valence-electron chi connectivity index (χ4n) is 1.26. The first kappa shape index (κ1) is 12.9. The molecule has 3 N–H and O–H groups in total. The molecule has 1 heterocycles. The summed E-state index contributed by atoms with van der Waals surface area (Å²) in [4.78, 5) is 4.31. The quantitative estimate of drug-likeness (QED) is 0.517. The molecule has 0 saturated carbocycles. The molecular weight excluding hydrogens is 220 g/mol. The number of nitrogens with one attached hydrogen (secondary N) is 3. The van der Waals surface area contributed by atoms with E-state index in [9.17, 15) is 0 Å². The number of pyridine rings is 1. The number of aromatic nitrogens is 1. The van der Waals surface area contributed by atoms with Crippen LogP contribution in [0.4, 0.5) is 0 Å². The van der Waals surface area contributed by atoms with Crippen LogP contribution in [0.15, 0.2) is 18.3 Å². The fourth-order valence-corrected chi connectivity index (χ4v) is 1.37. The van der Waals surface area contributed by atoms with E-state index in [4.69, 9.17) is 12.2 Å². The summed E-state index contributed by atoms with van der Waals surface area (Å²) in [5.41, 5.74) is 2.31. The van der Waals surface area contributed by atoms with Gasteiger partial charge in [0.1, 0.15) is 0 Å². The molecule has 0 aromatic carbocycles. The van der Waals surface area contributed by atoms with E-state index in [1.54, 1.807) is 7.05 Å². The predicted octanol–water partition coefficient (Wildman–Crippen LogP) is 0.574. The van der Waals surface area contributed by atoms with Gasteiger partial charge in [0.25, 0.3) is 0 Å². The third-order valence-corrected chi connectivity index (χ3v) is 2.57. The summed E-state index contributed by atoms with van der Waals surface area (Å²) in [6.07, 6.45) is 1.82. The fraction of sp³-hybridized carbons (Fsp3) is 0.455. The maximum atomic E-state index is 4.96. The van der Waals surface area contributed by atoms with Crippen molar-refractivity contribution in [2.45, 2.75) is 13.5 Å². The van der Waals surface area contributed by atoms with Gasteiger partial charge in [-0.2, -0.15) is 0 Å². The second-order valence-corrected chi connectivity index (χ2v) is 3.86. The molecule has 0 aliphatic heterocycles. The molecule has 0 aliphatic rings. The van der Waals surface area contributed by atoms with E-state index in [1.165, 1.54) is 5.56 Å². The SMILES string of the molecule is CNC(=S)NCCNCc1ncccc1C. The van der Waals surface area contributed by atoms with E-state index in [0.717, 1.165) is 25.3 Å². The van der Waals surface area contributed by atoms with Gasteiger partial charge in [-0.15, -0.1) is 0 Å². The van der Waals surface area contributed by atoms with E-state index < -0.39 is 0 Å². The maximum Gasteiger partial charge on any atom is 0.166 e. The average molecular weight is 238 g/mol. The third-order valence-electron chi connectivity index (χ3n) is 2.22. The predicted molar refractivity (Wildman–Crippen MR) is 70.3 cm³/mol. The van der Waals surface area contributed by atoms with E-state index in [0.29, 0.717) is 5.11 Å². The molecule has 5 heteroatoms. The zero-order valence-corrected chi connectivity index (χ0v) is 10.5. The smallest absolute Gasteiger partial charge is 0.166 e. The van der Waals surface area contributed by atoms with Crippen LogP contribution in [-0.2, 0) is 6.54 Å². The molecule has 88 valence electrons. The van der Waals surface area contributed by atoms with Crippen LogP contribution in [-0.4, -0.2) is 30.2 Å². The molecule has 1 aromatic rings. The van der Waals surface area contributed by atoms with Crippen LogP contribution in [0.25, 0.3) is 0 Å². The first-order valence-electron chi connectivity index (χ1n) is 5.31. The van der Waals surface area contributed by atoms with E-state index in [2.05, 4.69) is 33.9 Å². The van der Waals surface area contributed by atoms with Crippen molar-refractivity contribution >= 4 is 17.3 Å². The van der Waals surface area contributed by atoms with Crippen LogP contribution in [0, 0.1) is 6.92 Å². The van der Waals surface area contributed by atoms with Gasteiger partial charge in [0.15, 0.2) is 5.11 Å². The molecule has 0 fully saturated rings. The molecule has 0 atom stereocenters. The van der Waals surface area contributed by atoms with Crippen LogP contribution in [0.3, 0.4) is 0 Å². The molecule has 0 aliphatic carbocycles. The second-order valence-electron chi connectivity index (χ2n) is 3.45. The lowest BCUT2D eigenvalue weighted by atomic mass is 10.2. The lowest BCUT2D eigenvalue weighted by molar-refractivity contribution is 0.658. The van der Waals surface area contributed by atoms with Gasteiger partial charge >= 0.3 is 0 Å². The molecule has 0 amide bonds. The highest BCUT2D eigenvalue weighted by atomic mass is 32.1. The normalized spacial score (nSPS) is 9.88. The lowest BCUT2D eigenvalue weighted by Crippen LogP contribution is -2.37. The van der Waals surface area contributed by atoms with Gasteiger partial charge in [0.2, 0.25) is 0 Å². The summed E-state index contributed by atoms with van der Waals surface area (Å²) in [5, 5.41) is 9.92. The van der Waals surface area contributed by atoms with Crippen molar-refractivity contribution in [3.63, 3.8) is 0 Å². The summed E-state index contributed by atoms with van der Waals surface area (Å²) in [5.74, 6) is 0. The number of nitrogens with zero attached hydrogens (tertiary/aromatic N) is 1. The highest BCUT2D eigenvalue weighted by molar-refractivity contribution is 7.80. The van der Waals surface area contributed by atoms with Gasteiger partial charge < -0.3 is 16.0 Å². The van der Waals surface area contributed by atoms with Crippen molar-refractivity contribution in [2.24, 2.45) is 0 Å². The first-order valence-corrected chi connectivity index (χ1v) is 5.71. The van der Waals surface area contributed by atoms with Gasteiger partial charge in [0, 0.05) is 32.9 Å². The van der Waals surface area contributed by atoms with Gasteiger partial charge in [-0.05, 0) is 30.8 Å². The lowest BCUT2D eigenvalue weighted by Gasteiger charge is -2.08. The molecule has 1 rings (SSSR count). The molecule has 16 heavy (non-hydrogen) atoms. The maximum absolute atomic E-state index is 4.96. The Morgan fingerprint density at radius 3 is 2.94 bits per heavy atom. The number of aryl methyl sites for hydroxylation is 1. The Hall–Kier alpha value is -1.20. The minimum atomic E-state index is 0.677. The zero-order chi connectivity index (χ0) is 11.8. The van der Waals surface area contributed by atoms with Crippen molar-refractivity contribution in [1.82, 2.24) is 20.9 Å². The second kappa shape index (κ2) is 7.14. The molecule has 0 unspecified atom stereocenters. The summed E-state index contributed by atoms with van der Waals surface area (Å²) in [7, 11) is 1.81. The van der Waals surface area contributed by atoms with Crippen LogP contribution >= 0.6 is 12.2 Å². The van der Waals surface area contributed by atoms with Crippen molar-refractivity contribution in [2.75, 3.05) is 20.1 Å². The third kappa shape index (κ3) is 4.55. The first-order chi connectivity index (χ1) is 7.74. The van der Waals surface area contributed by atoms with E-state index in [-0.39, 0.29) is 0 Å². The molecule has 4 nitrogen and oxygen atoms in total. The van der Waals surface area contributed by atoms with Gasteiger partial charge in [-0.3, -0.25) is 4.98 Å². The Morgan fingerprint density at radius 2 is 2.25 bits per heavy atom. The largest absolute Gasteiger partial charge is 0.366 e. The van der Waals surface area contributed by atoms with Crippen molar-refractivity contribution in [3.8, 4) is 0 Å². The number of hydrogen-bond acceptors (Lipinski definition) is 3. The Morgan fingerprint density at radius 1 is 1.44 bits per heavy atom. The van der Waals surface area contributed by atoms with Gasteiger partial charge in [0.05, 0.1) is 5.69 Å². The number of rotatable bonds is 5. The van der Waals surface area contributed by atoms with Gasteiger partial charge in [-0.25, -0.2) is 0 Å². The van der Waals surface area contributed by atoms with Crippen LogP contribution in [0.1, 0.15) is 11.3 Å². The van der Waals surface area contributed by atoms with Crippen molar-refractivity contribution in [1.29, 1.82) is 0 Å². The summed E-state index contributed by atoms with van der Waals surface area (Å²) < 4.78 is 0. The standard InChI is InChI=1S/C11H18N4S/c1-9-4-3-5-14-10(9)8-13-6-7-15-11(16)12-2/h3-5,13H,6-8H2,1-2H3,(H2,12,15,16). The number of thiocarbonyl (C=S) groups is 1. The molecule has 0 bridgehead atoms. The Labute approximate surface area is 102 Å². The Balaban J connectivity index is 2.17. The van der Waals surface area contributed by atoms with Crippen LogP contribution in [0.2, 0.25) is 0 Å². The highest BCUT2D eigenvalue weighted by Crippen LogP contribution is 2.01. The molecular formula is C11H18N4S. The Kier molecular flexibility index (Phi) is 5.74. The van der Waals surface area contributed by atoms with Crippen molar-refractivity contribution in [3.05, 3.63) is 29.6 Å². The summed E-state index contributed by atoms with van der Waals surface area (Å²) >= 11 is 4.96. The monoisotopic (exact) mass is 238 g/mol. The van der Waals surface area contributed by atoms with Crippen molar-refractivity contribution < 1.29 is 0 Å². The van der Waals surface area contributed by atoms with Crippen LogP contribution in [0.5, 0.6) is 0 Å². The Bertz CT molecular complexity index is 341. The minimum absolute atomic E-state index is 0.677. The minimum Gasteiger partial charge on any atom is -0.366 e. The average Bonchev–Trinajstić information content (AvgIpc) is 2.30.